The van der Waals surface area contributed by atoms with Crippen LogP contribution in [0.25, 0.3) is 10.9 Å². The Morgan fingerprint density at radius 3 is 2.84 bits per heavy atom. The third kappa shape index (κ3) is 1.81. The highest BCUT2D eigenvalue weighted by atomic mass is 16.5. The van der Waals surface area contributed by atoms with E-state index in [9.17, 15) is 4.79 Å². The number of benzene rings is 2. The monoisotopic (exact) mass is 333 g/mol. The van der Waals surface area contributed by atoms with E-state index < -0.39 is 0 Å². The normalized spacial score (nSPS) is 18.8. The van der Waals surface area contributed by atoms with Crippen LogP contribution < -0.4 is 9.64 Å². The van der Waals surface area contributed by atoms with Gasteiger partial charge in [-0.1, -0.05) is 24.3 Å². The lowest BCUT2D eigenvalue weighted by atomic mass is 9.95. The van der Waals surface area contributed by atoms with Gasteiger partial charge in [-0.05, 0) is 30.2 Å². The Kier molecular flexibility index (Phi) is 2.89. The smallest absolute Gasteiger partial charge is 0.261 e. The molecule has 2 aliphatic heterocycles. The molecule has 0 radical (unpaired) electrons. The fourth-order valence-electron chi connectivity index (χ4n) is 4.31. The first-order valence-electron chi connectivity index (χ1n) is 8.51. The second-order valence-electron chi connectivity index (χ2n) is 6.65. The van der Waals surface area contributed by atoms with E-state index in [1.54, 1.807) is 7.11 Å². The largest absolute Gasteiger partial charge is 0.496 e. The number of methoxy groups -OCH3 is 1. The van der Waals surface area contributed by atoms with Crippen molar-refractivity contribution in [2.24, 2.45) is 0 Å². The molecule has 0 saturated heterocycles. The van der Waals surface area contributed by atoms with Gasteiger partial charge in [-0.3, -0.25) is 4.79 Å². The fraction of sp³-hybridized carbons (Fsp3) is 0.250. The summed E-state index contributed by atoms with van der Waals surface area (Å²) in [5.41, 5.74) is 5.15. The Labute approximate surface area is 145 Å². The van der Waals surface area contributed by atoms with Crippen molar-refractivity contribution in [1.29, 1.82) is 0 Å². The van der Waals surface area contributed by atoms with Gasteiger partial charge in [0.2, 0.25) is 0 Å². The maximum Gasteiger partial charge on any atom is 0.261 e. The topological polar surface area (TPSA) is 48.6 Å². The summed E-state index contributed by atoms with van der Waals surface area (Å²) in [4.78, 5) is 20.9. The van der Waals surface area contributed by atoms with Crippen molar-refractivity contribution in [1.82, 2.24) is 9.88 Å². The van der Waals surface area contributed by atoms with Crippen molar-refractivity contribution in [3.05, 3.63) is 59.3 Å². The highest BCUT2D eigenvalue weighted by molar-refractivity contribution is 6.05. The second kappa shape index (κ2) is 5.02. The first-order chi connectivity index (χ1) is 12.2. The van der Waals surface area contributed by atoms with E-state index in [-0.39, 0.29) is 12.1 Å². The van der Waals surface area contributed by atoms with Crippen LogP contribution in [-0.2, 0) is 6.42 Å². The molecule has 2 aromatic carbocycles. The van der Waals surface area contributed by atoms with Crippen LogP contribution >= 0.6 is 0 Å². The molecule has 3 heterocycles. The molecular weight excluding hydrogens is 314 g/mol. The molecule has 0 bridgehead atoms. The number of aromatic amines is 1. The van der Waals surface area contributed by atoms with Crippen molar-refractivity contribution in [2.75, 3.05) is 25.6 Å². The molecule has 1 N–H and O–H groups in total. The minimum absolute atomic E-state index is 0.0415. The summed E-state index contributed by atoms with van der Waals surface area (Å²) >= 11 is 0. The van der Waals surface area contributed by atoms with E-state index in [4.69, 9.17) is 4.74 Å². The number of nitrogens with one attached hydrogen (secondary N) is 1. The molecule has 2 aliphatic rings. The number of H-pyrrole nitrogens is 1. The molecule has 0 saturated carbocycles. The van der Waals surface area contributed by atoms with E-state index in [1.165, 1.54) is 10.9 Å². The lowest BCUT2D eigenvalue weighted by Gasteiger charge is -2.46. The van der Waals surface area contributed by atoms with Crippen LogP contribution in [-0.4, -0.2) is 36.5 Å². The lowest BCUT2D eigenvalue weighted by molar-refractivity contribution is 0.0630. The number of anilines is 1. The van der Waals surface area contributed by atoms with Crippen molar-refractivity contribution in [2.45, 2.75) is 12.6 Å². The minimum atomic E-state index is -0.108. The molecule has 5 rings (SSSR count). The molecule has 0 aliphatic carbocycles. The number of aromatic nitrogens is 1. The zero-order chi connectivity index (χ0) is 17.1. The van der Waals surface area contributed by atoms with Gasteiger partial charge in [-0.25, -0.2) is 0 Å². The van der Waals surface area contributed by atoms with Crippen LogP contribution in [0.15, 0.2) is 42.5 Å². The van der Waals surface area contributed by atoms with Crippen molar-refractivity contribution in [3.63, 3.8) is 0 Å². The van der Waals surface area contributed by atoms with Crippen LogP contribution in [0.5, 0.6) is 5.75 Å². The summed E-state index contributed by atoms with van der Waals surface area (Å²) in [6.45, 7) is 0.709. The number of ether oxygens (including phenoxy) is 1. The molecule has 3 aromatic rings. The predicted molar refractivity (Wildman–Crippen MR) is 97.2 cm³/mol. The molecule has 1 amide bonds. The van der Waals surface area contributed by atoms with Crippen LogP contribution in [0.4, 0.5) is 5.69 Å². The van der Waals surface area contributed by atoms with Gasteiger partial charge in [0.05, 0.1) is 18.5 Å². The average molecular weight is 333 g/mol. The van der Waals surface area contributed by atoms with Gasteiger partial charge in [-0.2, -0.15) is 0 Å². The number of nitrogens with zero attached hydrogens (tertiary/aromatic N) is 2. The summed E-state index contributed by atoms with van der Waals surface area (Å²) in [6, 6.07) is 14.1. The van der Waals surface area contributed by atoms with E-state index in [2.05, 4.69) is 28.1 Å². The van der Waals surface area contributed by atoms with Gasteiger partial charge in [0.15, 0.2) is 0 Å². The van der Waals surface area contributed by atoms with Crippen molar-refractivity contribution < 1.29 is 9.53 Å². The number of amides is 1. The Morgan fingerprint density at radius 2 is 2.00 bits per heavy atom. The molecule has 1 unspecified atom stereocenters. The predicted octanol–water partition coefficient (Wildman–Crippen LogP) is 3.32. The Bertz CT molecular complexity index is 1010. The molecular formula is C20H19N3O2. The number of hydrogen-bond acceptors (Lipinski definition) is 3. The van der Waals surface area contributed by atoms with Gasteiger partial charge in [-0.15, -0.1) is 0 Å². The van der Waals surface area contributed by atoms with Gasteiger partial charge < -0.3 is 19.5 Å². The number of hydrogen-bond donors (Lipinski definition) is 1. The summed E-state index contributed by atoms with van der Waals surface area (Å²) in [6.07, 6.45) is 0.753. The number of rotatable bonds is 1. The summed E-state index contributed by atoms with van der Waals surface area (Å²) in [5.74, 6) is 0.676. The molecule has 0 spiro atoms. The fourth-order valence-corrected chi connectivity index (χ4v) is 4.31. The zero-order valence-electron chi connectivity index (χ0n) is 14.2. The van der Waals surface area contributed by atoms with Gasteiger partial charge in [0.1, 0.15) is 17.5 Å². The van der Waals surface area contributed by atoms with Crippen molar-refractivity contribution in [3.8, 4) is 5.75 Å². The summed E-state index contributed by atoms with van der Waals surface area (Å²) < 4.78 is 5.45. The maximum absolute atomic E-state index is 13.2. The number of carbonyl (C=O) groups excluding carboxylic acids is 1. The zero-order valence-corrected chi connectivity index (χ0v) is 14.2. The molecule has 1 atom stereocenters. The summed E-state index contributed by atoms with van der Waals surface area (Å²) in [7, 11) is 3.66. The molecule has 5 heteroatoms. The van der Waals surface area contributed by atoms with Crippen molar-refractivity contribution >= 4 is 22.5 Å². The van der Waals surface area contributed by atoms with Crippen LogP contribution in [0, 0.1) is 0 Å². The maximum atomic E-state index is 13.2. The molecule has 1 aromatic heterocycles. The number of carbonyl (C=O) groups is 1. The molecule has 0 fully saturated rings. The summed E-state index contributed by atoms with van der Waals surface area (Å²) in [5, 5.41) is 1.26. The molecule has 5 nitrogen and oxygen atoms in total. The third-order valence-corrected chi connectivity index (χ3v) is 5.45. The Morgan fingerprint density at radius 1 is 1.16 bits per heavy atom. The van der Waals surface area contributed by atoms with Gasteiger partial charge in [0.25, 0.3) is 5.91 Å². The quantitative estimate of drug-likeness (QED) is 0.743. The average Bonchev–Trinajstić information content (AvgIpc) is 3.03. The SMILES string of the molecule is COc1cccc2c1C(=O)N1CCc3c([nH]c4ccccc34)C1N2C. The van der Waals surface area contributed by atoms with E-state index in [0.717, 1.165) is 23.3 Å². The standard InChI is InChI=1S/C20H19N3O2/c1-22-15-8-5-9-16(25-2)17(15)20(24)23-11-10-13-12-6-3-4-7-14(12)21-18(13)19(22)23/h3-9,19,21H,10-11H2,1-2H3. The second-order valence-corrected chi connectivity index (χ2v) is 6.65. The van der Waals surface area contributed by atoms with Gasteiger partial charge >= 0.3 is 0 Å². The van der Waals surface area contributed by atoms with Gasteiger partial charge in [0, 0.05) is 24.5 Å². The molecule has 126 valence electrons. The van der Waals surface area contributed by atoms with Crippen LogP contribution in [0.1, 0.15) is 27.8 Å². The van der Waals surface area contributed by atoms with E-state index in [0.29, 0.717) is 17.9 Å². The minimum Gasteiger partial charge on any atom is -0.496 e. The first-order valence-corrected chi connectivity index (χ1v) is 8.51. The Balaban J connectivity index is 1.73. The van der Waals surface area contributed by atoms with Crippen LogP contribution in [0.2, 0.25) is 0 Å². The van der Waals surface area contributed by atoms with Crippen LogP contribution in [0.3, 0.4) is 0 Å². The molecule has 25 heavy (non-hydrogen) atoms. The highest BCUT2D eigenvalue weighted by Crippen LogP contribution is 2.45. The lowest BCUT2D eigenvalue weighted by Crippen LogP contribution is -2.51. The van der Waals surface area contributed by atoms with E-state index >= 15 is 0 Å². The first kappa shape index (κ1) is 14.4. The number of fused-ring (bicyclic) bond motifs is 6. The third-order valence-electron chi connectivity index (χ3n) is 5.45. The number of para-hydroxylation sites is 1. The van der Waals surface area contributed by atoms with E-state index in [1.807, 2.05) is 36.2 Å². The Hall–Kier alpha value is -2.95. The highest BCUT2D eigenvalue weighted by Gasteiger charge is 2.42.